The van der Waals surface area contributed by atoms with Crippen molar-refractivity contribution in [1.29, 1.82) is 0 Å². The standard InChI is InChI=1S/C17H28N4O2/c1-3-14(2)15(22)12-19-17(23)13-20-8-10-21(11-9-20)16-6-4-5-7-18-16/h4-7,14-15,22H,3,8-13H2,1-2H3,(H,19,23). The first-order valence-corrected chi connectivity index (χ1v) is 8.43. The van der Waals surface area contributed by atoms with Crippen molar-refractivity contribution in [2.45, 2.75) is 26.4 Å². The molecule has 2 heterocycles. The molecule has 6 heteroatoms. The van der Waals surface area contributed by atoms with Crippen LogP contribution in [0.4, 0.5) is 5.82 Å². The molecule has 0 saturated carbocycles. The van der Waals surface area contributed by atoms with Crippen molar-refractivity contribution < 1.29 is 9.90 Å². The maximum absolute atomic E-state index is 12.0. The van der Waals surface area contributed by atoms with Gasteiger partial charge in [0, 0.05) is 38.9 Å². The van der Waals surface area contributed by atoms with Gasteiger partial charge in [-0.1, -0.05) is 26.3 Å². The van der Waals surface area contributed by atoms with Crippen molar-refractivity contribution in [3.05, 3.63) is 24.4 Å². The highest BCUT2D eigenvalue weighted by atomic mass is 16.3. The number of piperazine rings is 1. The first-order chi connectivity index (χ1) is 11.1. The molecule has 0 aromatic carbocycles. The lowest BCUT2D eigenvalue weighted by Gasteiger charge is -2.35. The van der Waals surface area contributed by atoms with E-state index in [2.05, 4.69) is 20.1 Å². The summed E-state index contributed by atoms with van der Waals surface area (Å²) in [7, 11) is 0. The van der Waals surface area contributed by atoms with Crippen molar-refractivity contribution >= 4 is 11.7 Å². The number of nitrogens with zero attached hydrogens (tertiary/aromatic N) is 3. The second kappa shape index (κ2) is 8.84. The van der Waals surface area contributed by atoms with E-state index in [1.54, 1.807) is 6.20 Å². The van der Waals surface area contributed by atoms with E-state index >= 15 is 0 Å². The number of aromatic nitrogens is 1. The first kappa shape index (κ1) is 17.7. The fourth-order valence-electron chi connectivity index (χ4n) is 2.63. The Kier molecular flexibility index (Phi) is 6.80. The summed E-state index contributed by atoms with van der Waals surface area (Å²) in [5.74, 6) is 1.18. The molecule has 128 valence electrons. The van der Waals surface area contributed by atoms with Crippen molar-refractivity contribution in [3.8, 4) is 0 Å². The van der Waals surface area contributed by atoms with Gasteiger partial charge in [0.2, 0.25) is 5.91 Å². The predicted molar refractivity (Wildman–Crippen MR) is 91.4 cm³/mol. The predicted octanol–water partition coefficient (Wildman–Crippen LogP) is 0.727. The second-order valence-electron chi connectivity index (χ2n) is 6.21. The van der Waals surface area contributed by atoms with Gasteiger partial charge < -0.3 is 15.3 Å². The third-order valence-corrected chi connectivity index (χ3v) is 4.52. The van der Waals surface area contributed by atoms with Crippen LogP contribution in [0.15, 0.2) is 24.4 Å². The van der Waals surface area contributed by atoms with E-state index < -0.39 is 6.10 Å². The van der Waals surface area contributed by atoms with Gasteiger partial charge in [0.05, 0.1) is 12.6 Å². The first-order valence-electron chi connectivity index (χ1n) is 8.43. The number of amides is 1. The molecule has 23 heavy (non-hydrogen) atoms. The molecule has 2 rings (SSSR count). The van der Waals surface area contributed by atoms with Gasteiger partial charge in [-0.15, -0.1) is 0 Å². The molecule has 2 atom stereocenters. The Bertz CT molecular complexity index is 475. The number of nitrogens with one attached hydrogen (secondary N) is 1. The van der Waals surface area contributed by atoms with E-state index in [-0.39, 0.29) is 11.8 Å². The van der Waals surface area contributed by atoms with E-state index in [1.165, 1.54) is 0 Å². The second-order valence-corrected chi connectivity index (χ2v) is 6.21. The number of pyridine rings is 1. The summed E-state index contributed by atoms with van der Waals surface area (Å²) in [6.07, 6.45) is 2.24. The molecule has 1 aliphatic rings. The molecular formula is C17H28N4O2. The van der Waals surface area contributed by atoms with Crippen LogP contribution in [0.2, 0.25) is 0 Å². The summed E-state index contributed by atoms with van der Waals surface area (Å²) < 4.78 is 0. The average molecular weight is 320 g/mol. The molecule has 0 spiro atoms. The molecule has 1 aromatic heterocycles. The smallest absolute Gasteiger partial charge is 0.234 e. The Morgan fingerprint density at radius 2 is 2.09 bits per heavy atom. The van der Waals surface area contributed by atoms with E-state index in [0.717, 1.165) is 38.4 Å². The molecule has 0 aliphatic carbocycles. The van der Waals surface area contributed by atoms with Crippen LogP contribution in [-0.2, 0) is 4.79 Å². The van der Waals surface area contributed by atoms with Gasteiger partial charge in [-0.05, 0) is 18.1 Å². The summed E-state index contributed by atoms with van der Waals surface area (Å²) in [5, 5.41) is 12.7. The maximum atomic E-state index is 12.0. The van der Waals surface area contributed by atoms with Gasteiger partial charge in [-0.2, -0.15) is 0 Å². The van der Waals surface area contributed by atoms with Crippen LogP contribution in [-0.4, -0.2) is 66.3 Å². The number of rotatable bonds is 7. The highest BCUT2D eigenvalue weighted by molar-refractivity contribution is 5.78. The lowest BCUT2D eigenvalue weighted by molar-refractivity contribution is -0.122. The number of carbonyl (C=O) groups is 1. The molecule has 0 bridgehead atoms. The molecule has 0 radical (unpaired) electrons. The minimum atomic E-state index is -0.468. The fourth-order valence-corrected chi connectivity index (χ4v) is 2.63. The van der Waals surface area contributed by atoms with Gasteiger partial charge in [-0.25, -0.2) is 4.98 Å². The van der Waals surface area contributed by atoms with Gasteiger partial charge in [0.1, 0.15) is 5.82 Å². The van der Waals surface area contributed by atoms with Crippen LogP contribution in [0.25, 0.3) is 0 Å². The number of hydrogen-bond donors (Lipinski definition) is 2. The van der Waals surface area contributed by atoms with Crippen molar-refractivity contribution in [3.63, 3.8) is 0 Å². The summed E-state index contributed by atoms with van der Waals surface area (Å²) in [6, 6.07) is 5.92. The molecule has 6 nitrogen and oxygen atoms in total. The van der Waals surface area contributed by atoms with E-state index in [0.29, 0.717) is 13.1 Å². The normalized spacial score (nSPS) is 18.5. The summed E-state index contributed by atoms with van der Waals surface area (Å²) in [6.45, 7) is 8.20. The third kappa shape index (κ3) is 5.48. The quantitative estimate of drug-likeness (QED) is 0.775. The third-order valence-electron chi connectivity index (χ3n) is 4.52. The molecule has 1 aliphatic heterocycles. The molecule has 1 fully saturated rings. The van der Waals surface area contributed by atoms with Crippen LogP contribution in [0.5, 0.6) is 0 Å². The van der Waals surface area contributed by atoms with Gasteiger partial charge >= 0.3 is 0 Å². The highest BCUT2D eigenvalue weighted by Crippen LogP contribution is 2.12. The Hall–Kier alpha value is -1.66. The molecule has 1 amide bonds. The van der Waals surface area contributed by atoms with Gasteiger partial charge in [0.25, 0.3) is 0 Å². The maximum Gasteiger partial charge on any atom is 0.234 e. The minimum absolute atomic E-state index is 0.0151. The molecule has 2 N–H and O–H groups in total. The number of aliphatic hydroxyl groups is 1. The Labute approximate surface area is 138 Å². The minimum Gasteiger partial charge on any atom is -0.391 e. The Morgan fingerprint density at radius 1 is 1.35 bits per heavy atom. The number of aliphatic hydroxyl groups excluding tert-OH is 1. The molecule has 2 unspecified atom stereocenters. The summed E-state index contributed by atoms with van der Waals surface area (Å²) >= 11 is 0. The largest absolute Gasteiger partial charge is 0.391 e. The fraction of sp³-hybridized carbons (Fsp3) is 0.647. The van der Waals surface area contributed by atoms with E-state index in [1.807, 2.05) is 32.0 Å². The molecule has 1 aromatic rings. The number of hydrogen-bond acceptors (Lipinski definition) is 5. The lowest BCUT2D eigenvalue weighted by Crippen LogP contribution is -2.50. The topological polar surface area (TPSA) is 68.7 Å². The van der Waals surface area contributed by atoms with Crippen molar-refractivity contribution in [2.24, 2.45) is 5.92 Å². The van der Waals surface area contributed by atoms with Gasteiger partial charge in [-0.3, -0.25) is 9.69 Å². The van der Waals surface area contributed by atoms with Crippen molar-refractivity contribution in [1.82, 2.24) is 15.2 Å². The van der Waals surface area contributed by atoms with Crippen LogP contribution in [0, 0.1) is 5.92 Å². The van der Waals surface area contributed by atoms with E-state index in [4.69, 9.17) is 0 Å². The van der Waals surface area contributed by atoms with E-state index in [9.17, 15) is 9.90 Å². The molecular weight excluding hydrogens is 292 g/mol. The van der Waals surface area contributed by atoms with Crippen LogP contribution < -0.4 is 10.2 Å². The monoisotopic (exact) mass is 320 g/mol. The van der Waals surface area contributed by atoms with Crippen molar-refractivity contribution in [2.75, 3.05) is 44.2 Å². The SMILES string of the molecule is CCC(C)C(O)CNC(=O)CN1CCN(c2ccccn2)CC1. The zero-order valence-corrected chi connectivity index (χ0v) is 14.1. The lowest BCUT2D eigenvalue weighted by atomic mass is 10.0. The summed E-state index contributed by atoms with van der Waals surface area (Å²) in [4.78, 5) is 20.7. The summed E-state index contributed by atoms with van der Waals surface area (Å²) in [5.41, 5.74) is 0. The highest BCUT2D eigenvalue weighted by Gasteiger charge is 2.20. The zero-order chi connectivity index (χ0) is 16.7. The van der Waals surface area contributed by atoms with Crippen LogP contribution in [0.1, 0.15) is 20.3 Å². The average Bonchev–Trinajstić information content (AvgIpc) is 2.60. The number of anilines is 1. The van der Waals surface area contributed by atoms with Gasteiger partial charge in [0.15, 0.2) is 0 Å². The number of carbonyl (C=O) groups excluding carboxylic acids is 1. The zero-order valence-electron chi connectivity index (χ0n) is 14.1. The Morgan fingerprint density at radius 3 is 2.70 bits per heavy atom. The molecule has 1 saturated heterocycles. The van der Waals surface area contributed by atoms with Crippen LogP contribution in [0.3, 0.4) is 0 Å². The van der Waals surface area contributed by atoms with Crippen LogP contribution >= 0.6 is 0 Å². The Balaban J connectivity index is 1.69.